The van der Waals surface area contributed by atoms with Crippen molar-refractivity contribution in [3.8, 4) is 11.9 Å². The molecule has 2 aliphatic rings. The molecular formula is C16H19N3O3. The molecule has 116 valence electrons. The minimum Gasteiger partial charge on any atom is -0.472 e. The summed E-state index contributed by atoms with van der Waals surface area (Å²) in [5.74, 6) is 0.571. The highest BCUT2D eigenvalue weighted by atomic mass is 16.5. The van der Waals surface area contributed by atoms with Gasteiger partial charge in [-0.1, -0.05) is 0 Å². The van der Waals surface area contributed by atoms with Gasteiger partial charge < -0.3 is 14.4 Å². The number of carbonyl (C=O) groups excluding carboxylic acids is 1. The molecule has 6 nitrogen and oxygen atoms in total. The zero-order valence-corrected chi connectivity index (χ0v) is 12.4. The summed E-state index contributed by atoms with van der Waals surface area (Å²) in [5.41, 5.74) is 0.561. The second-order valence-corrected chi connectivity index (χ2v) is 5.68. The van der Waals surface area contributed by atoms with Gasteiger partial charge in [-0.05, 0) is 18.9 Å². The number of amides is 1. The van der Waals surface area contributed by atoms with Gasteiger partial charge in [-0.3, -0.25) is 4.79 Å². The van der Waals surface area contributed by atoms with Crippen LogP contribution in [0.5, 0.6) is 5.88 Å². The Hall–Kier alpha value is -2.13. The summed E-state index contributed by atoms with van der Waals surface area (Å²) in [6, 6.07) is 5.74. The molecule has 0 radical (unpaired) electrons. The van der Waals surface area contributed by atoms with Gasteiger partial charge in [0.15, 0.2) is 0 Å². The molecule has 0 N–H and O–H groups in total. The zero-order valence-electron chi connectivity index (χ0n) is 12.4. The maximum absolute atomic E-state index is 12.4. The molecule has 2 saturated heterocycles. The molecule has 0 saturated carbocycles. The van der Waals surface area contributed by atoms with E-state index in [2.05, 4.69) is 11.1 Å². The number of ether oxygens (including phenoxy) is 2. The van der Waals surface area contributed by atoms with Crippen LogP contribution in [-0.2, 0) is 4.74 Å². The van der Waals surface area contributed by atoms with Gasteiger partial charge >= 0.3 is 0 Å². The number of likely N-dealkylation sites (tertiary alicyclic amines) is 1. The lowest BCUT2D eigenvalue weighted by Gasteiger charge is -2.29. The fraction of sp³-hybridized carbons (Fsp3) is 0.562. The average molecular weight is 301 g/mol. The number of hydrogen-bond acceptors (Lipinski definition) is 5. The molecule has 0 aromatic carbocycles. The van der Waals surface area contributed by atoms with Crippen LogP contribution in [0.15, 0.2) is 18.3 Å². The van der Waals surface area contributed by atoms with Crippen molar-refractivity contribution in [1.29, 1.82) is 5.26 Å². The Balaban J connectivity index is 1.58. The van der Waals surface area contributed by atoms with Crippen LogP contribution in [-0.4, -0.2) is 48.2 Å². The molecule has 2 fully saturated rings. The van der Waals surface area contributed by atoms with Crippen molar-refractivity contribution in [3.63, 3.8) is 0 Å². The largest absolute Gasteiger partial charge is 0.472 e. The Morgan fingerprint density at radius 3 is 2.77 bits per heavy atom. The van der Waals surface area contributed by atoms with E-state index in [4.69, 9.17) is 14.7 Å². The van der Waals surface area contributed by atoms with Crippen molar-refractivity contribution >= 4 is 5.91 Å². The number of pyridine rings is 1. The topological polar surface area (TPSA) is 75.5 Å². The minimum absolute atomic E-state index is 0.0281. The molecule has 1 unspecified atom stereocenters. The third kappa shape index (κ3) is 3.37. The maximum atomic E-state index is 12.4. The lowest BCUT2D eigenvalue weighted by Crippen LogP contribution is -2.38. The molecule has 0 spiro atoms. The van der Waals surface area contributed by atoms with E-state index in [1.54, 1.807) is 23.2 Å². The summed E-state index contributed by atoms with van der Waals surface area (Å²) in [6.45, 7) is 2.58. The van der Waals surface area contributed by atoms with Crippen molar-refractivity contribution in [2.45, 2.75) is 25.4 Å². The van der Waals surface area contributed by atoms with Gasteiger partial charge in [0.1, 0.15) is 6.10 Å². The van der Waals surface area contributed by atoms with Gasteiger partial charge in [-0.2, -0.15) is 5.26 Å². The summed E-state index contributed by atoms with van der Waals surface area (Å²) in [5, 5.41) is 8.89. The number of nitrogens with zero attached hydrogens (tertiary/aromatic N) is 3. The van der Waals surface area contributed by atoms with E-state index in [0.717, 1.165) is 25.9 Å². The van der Waals surface area contributed by atoms with E-state index in [-0.39, 0.29) is 17.9 Å². The Morgan fingerprint density at radius 1 is 1.36 bits per heavy atom. The van der Waals surface area contributed by atoms with Crippen molar-refractivity contribution in [2.24, 2.45) is 5.92 Å². The van der Waals surface area contributed by atoms with E-state index < -0.39 is 0 Å². The van der Waals surface area contributed by atoms with Crippen LogP contribution in [0.1, 0.15) is 29.6 Å². The third-order valence-corrected chi connectivity index (χ3v) is 4.12. The van der Waals surface area contributed by atoms with Crippen LogP contribution in [0.3, 0.4) is 0 Å². The molecule has 3 heterocycles. The van der Waals surface area contributed by atoms with Crippen molar-refractivity contribution in [3.05, 3.63) is 23.9 Å². The minimum atomic E-state index is -0.0281. The summed E-state index contributed by atoms with van der Waals surface area (Å²) < 4.78 is 10.9. The fourth-order valence-corrected chi connectivity index (χ4v) is 2.75. The molecule has 3 rings (SSSR count). The second kappa shape index (κ2) is 6.75. The van der Waals surface area contributed by atoms with Crippen LogP contribution in [0.4, 0.5) is 0 Å². The van der Waals surface area contributed by atoms with Gasteiger partial charge in [-0.25, -0.2) is 4.98 Å². The van der Waals surface area contributed by atoms with E-state index in [0.29, 0.717) is 31.1 Å². The van der Waals surface area contributed by atoms with Crippen molar-refractivity contribution < 1.29 is 14.3 Å². The Labute approximate surface area is 129 Å². The molecule has 0 bridgehead atoms. The lowest BCUT2D eigenvalue weighted by atomic mass is 9.98. The number of nitriles is 1. The van der Waals surface area contributed by atoms with Crippen LogP contribution in [0.2, 0.25) is 0 Å². The first-order chi connectivity index (χ1) is 10.8. The zero-order chi connectivity index (χ0) is 15.4. The molecular weight excluding hydrogens is 282 g/mol. The molecule has 2 aliphatic heterocycles. The highest BCUT2D eigenvalue weighted by molar-refractivity contribution is 5.94. The smallest absolute Gasteiger partial charge is 0.255 e. The molecule has 1 amide bonds. The predicted octanol–water partition coefficient (Wildman–Crippen LogP) is 1.63. The lowest BCUT2D eigenvalue weighted by molar-refractivity contribution is 0.0706. The first-order valence-corrected chi connectivity index (χ1v) is 7.65. The number of aromatic nitrogens is 1. The molecule has 6 heteroatoms. The summed E-state index contributed by atoms with van der Waals surface area (Å²) in [6.07, 6.45) is 3.98. The Morgan fingerprint density at radius 2 is 2.18 bits per heavy atom. The highest BCUT2D eigenvalue weighted by Crippen LogP contribution is 2.19. The van der Waals surface area contributed by atoms with E-state index in [1.807, 2.05) is 0 Å². The van der Waals surface area contributed by atoms with E-state index in [9.17, 15) is 4.79 Å². The Bertz CT molecular complexity index is 553. The number of hydrogen-bond donors (Lipinski definition) is 0. The van der Waals surface area contributed by atoms with Crippen molar-refractivity contribution in [1.82, 2.24) is 9.88 Å². The van der Waals surface area contributed by atoms with E-state index >= 15 is 0 Å². The standard InChI is InChI=1S/C16H19N3O3/c17-9-12-3-6-19(7-4-12)16(20)13-1-2-15(18-10-13)22-14-5-8-21-11-14/h1-2,10,12,14H,3-8,11H2. The summed E-state index contributed by atoms with van der Waals surface area (Å²) in [7, 11) is 0. The fourth-order valence-electron chi connectivity index (χ4n) is 2.75. The van der Waals surface area contributed by atoms with Crippen LogP contribution >= 0.6 is 0 Å². The number of carbonyl (C=O) groups is 1. The van der Waals surface area contributed by atoms with Crippen molar-refractivity contribution in [2.75, 3.05) is 26.3 Å². The Kier molecular flexibility index (Phi) is 4.54. The van der Waals surface area contributed by atoms with Gasteiger partial charge in [0, 0.05) is 37.7 Å². The maximum Gasteiger partial charge on any atom is 0.255 e. The molecule has 1 aromatic heterocycles. The van der Waals surface area contributed by atoms with Gasteiger partial charge in [-0.15, -0.1) is 0 Å². The van der Waals surface area contributed by atoms with Gasteiger partial charge in [0.2, 0.25) is 5.88 Å². The van der Waals surface area contributed by atoms with Crippen LogP contribution in [0, 0.1) is 17.2 Å². The van der Waals surface area contributed by atoms with Gasteiger partial charge in [0.25, 0.3) is 5.91 Å². The molecule has 1 atom stereocenters. The normalized spacial score (nSPS) is 22.3. The summed E-state index contributed by atoms with van der Waals surface area (Å²) >= 11 is 0. The second-order valence-electron chi connectivity index (χ2n) is 5.68. The first kappa shape index (κ1) is 14.8. The quantitative estimate of drug-likeness (QED) is 0.848. The average Bonchev–Trinajstić information content (AvgIpc) is 3.08. The number of piperidine rings is 1. The predicted molar refractivity (Wildman–Crippen MR) is 78.3 cm³/mol. The summed E-state index contributed by atoms with van der Waals surface area (Å²) in [4.78, 5) is 18.4. The molecule has 1 aromatic rings. The monoisotopic (exact) mass is 301 g/mol. The molecule has 22 heavy (non-hydrogen) atoms. The highest BCUT2D eigenvalue weighted by Gasteiger charge is 2.24. The van der Waals surface area contributed by atoms with Crippen LogP contribution in [0.25, 0.3) is 0 Å². The van der Waals surface area contributed by atoms with E-state index in [1.165, 1.54) is 0 Å². The number of rotatable bonds is 3. The SMILES string of the molecule is N#CC1CCN(C(=O)c2ccc(OC3CCOC3)nc2)CC1. The van der Waals surface area contributed by atoms with Gasteiger partial charge in [0.05, 0.1) is 24.8 Å². The molecule has 0 aliphatic carbocycles. The van der Waals surface area contributed by atoms with Crippen LogP contribution < -0.4 is 4.74 Å². The first-order valence-electron chi connectivity index (χ1n) is 7.65. The third-order valence-electron chi connectivity index (χ3n) is 4.12.